The third-order valence-corrected chi connectivity index (χ3v) is 5.34. The minimum atomic E-state index is -0.556. The highest BCUT2D eigenvalue weighted by molar-refractivity contribution is 5.77. The number of nitrogens with one attached hydrogen (secondary N) is 1. The van der Waals surface area contributed by atoms with Crippen LogP contribution in [0.15, 0.2) is 48.7 Å². The lowest BCUT2D eigenvalue weighted by atomic mass is 9.89. The van der Waals surface area contributed by atoms with Crippen LogP contribution in [0.3, 0.4) is 0 Å². The number of aromatic amines is 1. The van der Waals surface area contributed by atoms with Gasteiger partial charge in [0.2, 0.25) is 5.91 Å². The van der Waals surface area contributed by atoms with E-state index in [1.165, 1.54) is 0 Å². The molecule has 1 saturated heterocycles. The molecule has 1 atom stereocenters. The molecule has 6 nitrogen and oxygen atoms in total. The number of aryl methyl sites for hydroxylation is 1. The van der Waals surface area contributed by atoms with Gasteiger partial charge in [-0.1, -0.05) is 18.2 Å². The molecule has 3 aromatic rings. The summed E-state index contributed by atoms with van der Waals surface area (Å²) in [6.07, 6.45) is 3.81. The van der Waals surface area contributed by atoms with Crippen LogP contribution in [-0.4, -0.2) is 44.0 Å². The van der Waals surface area contributed by atoms with E-state index in [4.69, 9.17) is 0 Å². The molecule has 1 amide bonds. The molecule has 1 aromatic carbocycles. The van der Waals surface area contributed by atoms with Crippen LogP contribution in [0, 0.1) is 5.92 Å². The van der Waals surface area contributed by atoms with Gasteiger partial charge in [0, 0.05) is 32.1 Å². The van der Waals surface area contributed by atoms with Gasteiger partial charge < -0.3 is 15.0 Å². The Morgan fingerprint density at radius 1 is 1.19 bits per heavy atom. The van der Waals surface area contributed by atoms with Crippen LogP contribution in [0.2, 0.25) is 0 Å². The number of imidazole rings is 1. The van der Waals surface area contributed by atoms with Crippen LogP contribution in [0.5, 0.6) is 0 Å². The molecule has 6 heteroatoms. The van der Waals surface area contributed by atoms with Gasteiger partial charge in [0.1, 0.15) is 5.82 Å². The van der Waals surface area contributed by atoms with E-state index in [-0.39, 0.29) is 11.8 Å². The van der Waals surface area contributed by atoms with Crippen LogP contribution in [0.25, 0.3) is 11.0 Å². The Morgan fingerprint density at radius 2 is 1.96 bits per heavy atom. The normalized spacial score (nSPS) is 16.6. The zero-order valence-electron chi connectivity index (χ0n) is 15.2. The first-order chi connectivity index (χ1) is 13.2. The van der Waals surface area contributed by atoms with E-state index in [2.05, 4.69) is 15.0 Å². The molecule has 0 saturated carbocycles. The van der Waals surface area contributed by atoms with Gasteiger partial charge in [0.05, 0.1) is 22.8 Å². The number of likely N-dealkylation sites (tertiary alicyclic amines) is 1. The van der Waals surface area contributed by atoms with E-state index in [0.717, 1.165) is 29.7 Å². The van der Waals surface area contributed by atoms with Crippen molar-refractivity contribution in [3.63, 3.8) is 0 Å². The summed E-state index contributed by atoms with van der Waals surface area (Å²) in [4.78, 5) is 26.5. The molecule has 0 bridgehead atoms. The van der Waals surface area contributed by atoms with Crippen molar-refractivity contribution < 1.29 is 9.90 Å². The van der Waals surface area contributed by atoms with E-state index < -0.39 is 6.10 Å². The van der Waals surface area contributed by atoms with Crippen molar-refractivity contribution >= 4 is 16.9 Å². The van der Waals surface area contributed by atoms with Gasteiger partial charge >= 0.3 is 0 Å². The molecule has 140 valence electrons. The third kappa shape index (κ3) is 4.01. The molecule has 3 heterocycles. The molecule has 0 aliphatic carbocycles. The van der Waals surface area contributed by atoms with Crippen molar-refractivity contribution in [3.8, 4) is 0 Å². The van der Waals surface area contributed by atoms with Crippen LogP contribution >= 0.6 is 0 Å². The Kier molecular flexibility index (Phi) is 5.16. The van der Waals surface area contributed by atoms with Crippen molar-refractivity contribution in [3.05, 3.63) is 60.2 Å². The minimum Gasteiger partial charge on any atom is -0.387 e. The summed E-state index contributed by atoms with van der Waals surface area (Å²) < 4.78 is 0. The molecule has 0 radical (unpaired) electrons. The summed E-state index contributed by atoms with van der Waals surface area (Å²) in [5.74, 6) is 1.16. The quantitative estimate of drug-likeness (QED) is 0.729. The van der Waals surface area contributed by atoms with Crippen molar-refractivity contribution in [2.24, 2.45) is 5.92 Å². The summed E-state index contributed by atoms with van der Waals surface area (Å²) in [6.45, 7) is 1.38. The first-order valence-electron chi connectivity index (χ1n) is 9.51. The van der Waals surface area contributed by atoms with Gasteiger partial charge in [0.25, 0.3) is 0 Å². The standard InChI is InChI=1S/C21H24N4O2/c26-20(9-8-19-23-16-5-1-2-6-17(16)24-19)25-13-10-15(11-14-25)21(27)18-7-3-4-12-22-18/h1-7,12,15,21,27H,8-11,13-14H2,(H,23,24). The lowest BCUT2D eigenvalue weighted by molar-refractivity contribution is -0.133. The number of para-hydroxylation sites is 2. The predicted octanol–water partition coefficient (Wildman–Crippen LogP) is 2.86. The molecule has 2 N–H and O–H groups in total. The molecular weight excluding hydrogens is 340 g/mol. The molecule has 1 fully saturated rings. The summed E-state index contributed by atoms with van der Waals surface area (Å²) in [7, 11) is 0. The number of carbonyl (C=O) groups excluding carboxylic acids is 1. The van der Waals surface area contributed by atoms with Crippen LogP contribution in [0.1, 0.15) is 36.9 Å². The second-order valence-corrected chi connectivity index (χ2v) is 7.12. The number of hydrogen-bond donors (Lipinski definition) is 2. The maximum absolute atomic E-state index is 12.5. The molecule has 27 heavy (non-hydrogen) atoms. The lowest BCUT2D eigenvalue weighted by Gasteiger charge is -2.34. The number of aromatic nitrogens is 3. The Hall–Kier alpha value is -2.73. The largest absolute Gasteiger partial charge is 0.387 e. The summed E-state index contributed by atoms with van der Waals surface area (Å²) >= 11 is 0. The number of amides is 1. The predicted molar refractivity (Wildman–Crippen MR) is 103 cm³/mol. The first kappa shape index (κ1) is 17.7. The lowest BCUT2D eigenvalue weighted by Crippen LogP contribution is -2.40. The monoisotopic (exact) mass is 364 g/mol. The second kappa shape index (κ2) is 7.88. The number of hydrogen-bond acceptors (Lipinski definition) is 4. The number of aliphatic hydroxyl groups excluding tert-OH is 1. The van der Waals surface area contributed by atoms with E-state index in [0.29, 0.717) is 31.6 Å². The Balaban J connectivity index is 1.28. The second-order valence-electron chi connectivity index (χ2n) is 7.12. The molecule has 4 rings (SSSR count). The average molecular weight is 364 g/mol. The highest BCUT2D eigenvalue weighted by Crippen LogP contribution is 2.29. The number of aliphatic hydroxyl groups is 1. The van der Waals surface area contributed by atoms with Crippen molar-refractivity contribution in [2.45, 2.75) is 31.8 Å². The van der Waals surface area contributed by atoms with Gasteiger partial charge in [-0.2, -0.15) is 0 Å². The van der Waals surface area contributed by atoms with Crippen LogP contribution in [-0.2, 0) is 11.2 Å². The van der Waals surface area contributed by atoms with E-state index in [1.54, 1.807) is 6.20 Å². The van der Waals surface area contributed by atoms with E-state index in [9.17, 15) is 9.90 Å². The van der Waals surface area contributed by atoms with Crippen molar-refractivity contribution in [2.75, 3.05) is 13.1 Å². The summed E-state index contributed by atoms with van der Waals surface area (Å²) in [5, 5.41) is 10.5. The van der Waals surface area contributed by atoms with E-state index in [1.807, 2.05) is 47.4 Å². The number of nitrogens with zero attached hydrogens (tertiary/aromatic N) is 3. The molecule has 1 unspecified atom stereocenters. The maximum atomic E-state index is 12.5. The smallest absolute Gasteiger partial charge is 0.223 e. The first-order valence-corrected chi connectivity index (χ1v) is 9.51. The highest BCUT2D eigenvalue weighted by Gasteiger charge is 2.28. The summed E-state index contributed by atoms with van der Waals surface area (Å²) in [6, 6.07) is 13.5. The maximum Gasteiger partial charge on any atom is 0.223 e. The number of piperidine rings is 1. The molecule has 2 aromatic heterocycles. The Labute approximate surface area is 158 Å². The van der Waals surface area contributed by atoms with Gasteiger partial charge in [-0.25, -0.2) is 4.98 Å². The SMILES string of the molecule is O=C(CCc1nc2ccccc2[nH]1)N1CCC(C(O)c2ccccn2)CC1. The third-order valence-electron chi connectivity index (χ3n) is 5.34. The fraction of sp³-hybridized carbons (Fsp3) is 0.381. The molecular formula is C21H24N4O2. The van der Waals surface area contributed by atoms with Crippen LogP contribution in [0.4, 0.5) is 0 Å². The average Bonchev–Trinajstić information content (AvgIpc) is 3.15. The van der Waals surface area contributed by atoms with Crippen LogP contribution < -0.4 is 0 Å². The number of benzene rings is 1. The number of H-pyrrole nitrogens is 1. The topological polar surface area (TPSA) is 82.1 Å². The van der Waals surface area contributed by atoms with Gasteiger partial charge in [0.15, 0.2) is 0 Å². The van der Waals surface area contributed by atoms with E-state index >= 15 is 0 Å². The van der Waals surface area contributed by atoms with Crippen molar-refractivity contribution in [1.82, 2.24) is 19.9 Å². The number of carbonyl (C=O) groups is 1. The summed E-state index contributed by atoms with van der Waals surface area (Å²) in [5.41, 5.74) is 2.65. The number of rotatable bonds is 5. The molecule has 1 aliphatic heterocycles. The molecule has 0 spiro atoms. The van der Waals surface area contributed by atoms with Crippen molar-refractivity contribution in [1.29, 1.82) is 0 Å². The van der Waals surface area contributed by atoms with Gasteiger partial charge in [-0.15, -0.1) is 0 Å². The highest BCUT2D eigenvalue weighted by atomic mass is 16.3. The fourth-order valence-electron chi connectivity index (χ4n) is 3.76. The van der Waals surface area contributed by atoms with Gasteiger partial charge in [-0.05, 0) is 43.0 Å². The fourth-order valence-corrected chi connectivity index (χ4v) is 3.76. The number of pyridine rings is 1. The van der Waals surface area contributed by atoms with Gasteiger partial charge in [-0.3, -0.25) is 9.78 Å². The zero-order valence-corrected chi connectivity index (χ0v) is 15.2. The molecule has 1 aliphatic rings. The zero-order chi connectivity index (χ0) is 18.6. The Morgan fingerprint density at radius 3 is 2.70 bits per heavy atom. The Bertz CT molecular complexity index is 868. The minimum absolute atomic E-state index is 0.152. The number of fused-ring (bicyclic) bond motifs is 1.